The first-order valence-corrected chi connectivity index (χ1v) is 9.71. The van der Waals surface area contributed by atoms with Crippen LogP contribution in [0.5, 0.6) is 0 Å². The zero-order chi connectivity index (χ0) is 20.8. The molecule has 30 heavy (non-hydrogen) atoms. The van der Waals surface area contributed by atoms with Crippen LogP contribution < -0.4 is 11.1 Å². The molecule has 0 radical (unpaired) electrons. The zero-order valence-corrected chi connectivity index (χ0v) is 16.4. The van der Waals surface area contributed by atoms with Gasteiger partial charge < -0.3 is 14.5 Å². The summed E-state index contributed by atoms with van der Waals surface area (Å²) in [6.07, 6.45) is 3.49. The maximum atomic E-state index is 12.3. The Balaban J connectivity index is 1.23. The minimum absolute atomic E-state index is 0.148. The van der Waals surface area contributed by atoms with Crippen molar-refractivity contribution in [3.05, 3.63) is 83.1 Å². The topological polar surface area (TPSA) is 91.3 Å². The maximum absolute atomic E-state index is 12.3. The number of ether oxygens (including phenoxy) is 1. The van der Waals surface area contributed by atoms with Crippen LogP contribution in [0.4, 0.5) is 5.69 Å². The molecule has 8 heteroatoms. The van der Waals surface area contributed by atoms with Crippen molar-refractivity contribution < 1.29 is 13.9 Å². The summed E-state index contributed by atoms with van der Waals surface area (Å²) in [6.45, 7) is 1.89. The molecule has 4 aromatic rings. The highest BCUT2D eigenvalue weighted by Crippen LogP contribution is 2.12. The average molecular weight is 406 g/mol. The fraction of sp³-hybridized carbons (Fsp3) is 0.227. The molecule has 4 rings (SSSR count). The lowest BCUT2D eigenvalue weighted by molar-refractivity contribution is -0.116. The molecular formula is C22H22N4O4. The van der Waals surface area contributed by atoms with Gasteiger partial charge in [0.25, 0.3) is 0 Å². The second-order valence-electron chi connectivity index (χ2n) is 6.82. The predicted octanol–water partition coefficient (Wildman–Crippen LogP) is 3.04. The van der Waals surface area contributed by atoms with Gasteiger partial charge in [-0.25, -0.2) is 4.79 Å². The Morgan fingerprint density at radius 2 is 1.87 bits per heavy atom. The number of carbonyl (C=O) groups is 1. The number of aromatic nitrogens is 3. The molecule has 1 amide bonds. The van der Waals surface area contributed by atoms with Crippen LogP contribution in [0.3, 0.4) is 0 Å². The molecule has 0 saturated carbocycles. The molecule has 0 saturated heterocycles. The number of fused-ring (bicyclic) bond motifs is 1. The summed E-state index contributed by atoms with van der Waals surface area (Å²) in [5, 5.41) is 7.03. The number of anilines is 1. The molecule has 0 aliphatic carbocycles. The van der Waals surface area contributed by atoms with Gasteiger partial charge in [-0.2, -0.15) is 5.10 Å². The number of hydrogen-bond acceptors (Lipinski definition) is 5. The fourth-order valence-electron chi connectivity index (χ4n) is 3.14. The highest BCUT2D eigenvalue weighted by molar-refractivity contribution is 5.90. The normalized spacial score (nSPS) is 11.1. The van der Waals surface area contributed by atoms with Crippen molar-refractivity contribution in [2.24, 2.45) is 0 Å². The quantitative estimate of drug-likeness (QED) is 0.432. The van der Waals surface area contributed by atoms with Crippen molar-refractivity contribution in [3.63, 3.8) is 0 Å². The molecule has 0 aliphatic rings. The Morgan fingerprint density at radius 3 is 2.73 bits per heavy atom. The Bertz CT molecular complexity index is 1180. The number of nitrogens with zero attached hydrogens (tertiary/aromatic N) is 3. The third kappa shape index (κ3) is 4.84. The highest BCUT2D eigenvalue weighted by atomic mass is 16.5. The monoisotopic (exact) mass is 406 g/mol. The van der Waals surface area contributed by atoms with Gasteiger partial charge in [0, 0.05) is 19.2 Å². The van der Waals surface area contributed by atoms with E-state index in [1.165, 1.54) is 4.57 Å². The number of hydrogen-bond donors (Lipinski definition) is 1. The molecule has 0 bridgehead atoms. The molecule has 1 N–H and O–H groups in total. The first kappa shape index (κ1) is 19.7. The van der Waals surface area contributed by atoms with Crippen LogP contribution in [0.2, 0.25) is 0 Å². The zero-order valence-electron chi connectivity index (χ0n) is 16.4. The van der Waals surface area contributed by atoms with E-state index in [4.69, 9.17) is 9.15 Å². The van der Waals surface area contributed by atoms with Gasteiger partial charge in [-0.05, 0) is 17.7 Å². The number of aryl methyl sites for hydroxylation is 1. The summed E-state index contributed by atoms with van der Waals surface area (Å²) in [6, 6.07) is 17.1. The van der Waals surface area contributed by atoms with Crippen LogP contribution in [0.15, 0.2) is 76.2 Å². The molecule has 0 fully saturated rings. The standard InChI is InChI=1S/C22H22N4O4/c27-21(10-11-26-19-8-4-5-9-20(19)30-22(26)28)24-18-14-23-25(15-18)12-13-29-16-17-6-2-1-3-7-17/h1-9,14-15H,10-13,16H2,(H,24,27). The summed E-state index contributed by atoms with van der Waals surface area (Å²) < 4.78 is 14.0. The summed E-state index contributed by atoms with van der Waals surface area (Å²) in [5.74, 6) is -0.667. The van der Waals surface area contributed by atoms with E-state index in [0.717, 1.165) is 5.56 Å². The van der Waals surface area contributed by atoms with E-state index in [-0.39, 0.29) is 18.9 Å². The van der Waals surface area contributed by atoms with Gasteiger partial charge >= 0.3 is 5.76 Å². The first-order chi connectivity index (χ1) is 14.7. The molecular weight excluding hydrogens is 384 g/mol. The van der Waals surface area contributed by atoms with Crippen LogP contribution in [0.25, 0.3) is 11.1 Å². The van der Waals surface area contributed by atoms with Crippen molar-refractivity contribution in [2.45, 2.75) is 26.1 Å². The lowest BCUT2D eigenvalue weighted by Crippen LogP contribution is -2.19. The van der Waals surface area contributed by atoms with Gasteiger partial charge in [0.2, 0.25) is 5.91 Å². The van der Waals surface area contributed by atoms with E-state index in [1.807, 2.05) is 36.4 Å². The van der Waals surface area contributed by atoms with Gasteiger partial charge in [-0.1, -0.05) is 42.5 Å². The van der Waals surface area contributed by atoms with Gasteiger partial charge in [0.05, 0.1) is 37.2 Å². The number of benzene rings is 2. The third-order valence-corrected chi connectivity index (χ3v) is 4.63. The molecule has 8 nitrogen and oxygen atoms in total. The van der Waals surface area contributed by atoms with Crippen molar-refractivity contribution in [1.82, 2.24) is 14.3 Å². The average Bonchev–Trinajstić information content (AvgIpc) is 3.33. The Morgan fingerprint density at radius 1 is 1.07 bits per heavy atom. The van der Waals surface area contributed by atoms with Gasteiger partial charge in [-0.15, -0.1) is 0 Å². The van der Waals surface area contributed by atoms with Crippen LogP contribution >= 0.6 is 0 Å². The van der Waals surface area contributed by atoms with Crippen molar-refractivity contribution >= 4 is 22.7 Å². The third-order valence-electron chi connectivity index (χ3n) is 4.63. The van der Waals surface area contributed by atoms with E-state index < -0.39 is 5.76 Å². The van der Waals surface area contributed by atoms with Crippen LogP contribution in [0.1, 0.15) is 12.0 Å². The molecule has 154 valence electrons. The summed E-state index contributed by atoms with van der Waals surface area (Å²) in [5.41, 5.74) is 2.92. The van der Waals surface area contributed by atoms with Crippen LogP contribution in [0, 0.1) is 0 Å². The van der Waals surface area contributed by atoms with Crippen molar-refractivity contribution in [1.29, 1.82) is 0 Å². The van der Waals surface area contributed by atoms with Gasteiger partial charge in [0.15, 0.2) is 5.58 Å². The van der Waals surface area contributed by atoms with E-state index in [9.17, 15) is 9.59 Å². The molecule has 0 aliphatic heterocycles. The first-order valence-electron chi connectivity index (χ1n) is 9.71. The van der Waals surface area contributed by atoms with E-state index in [0.29, 0.717) is 36.5 Å². The van der Waals surface area contributed by atoms with E-state index in [1.54, 1.807) is 35.3 Å². The Hall–Kier alpha value is -3.65. The number of nitrogens with one attached hydrogen (secondary N) is 1. The summed E-state index contributed by atoms with van der Waals surface area (Å²) in [7, 11) is 0. The number of oxazole rings is 1. The number of rotatable bonds is 9. The fourth-order valence-corrected chi connectivity index (χ4v) is 3.14. The lowest BCUT2D eigenvalue weighted by atomic mass is 10.2. The predicted molar refractivity (Wildman–Crippen MR) is 112 cm³/mol. The van der Waals surface area contributed by atoms with Crippen LogP contribution in [-0.4, -0.2) is 26.9 Å². The second-order valence-corrected chi connectivity index (χ2v) is 6.82. The van der Waals surface area contributed by atoms with Gasteiger partial charge in [-0.3, -0.25) is 14.0 Å². The molecule has 0 spiro atoms. The molecule has 0 unspecified atom stereocenters. The molecule has 0 atom stereocenters. The largest absolute Gasteiger partial charge is 0.419 e. The highest BCUT2D eigenvalue weighted by Gasteiger charge is 2.11. The smallest absolute Gasteiger partial charge is 0.408 e. The summed E-state index contributed by atoms with van der Waals surface area (Å²) >= 11 is 0. The van der Waals surface area contributed by atoms with Crippen molar-refractivity contribution in [3.8, 4) is 0 Å². The van der Waals surface area contributed by atoms with E-state index in [2.05, 4.69) is 10.4 Å². The SMILES string of the molecule is O=C(CCn1c(=O)oc2ccccc21)Nc1cnn(CCOCc2ccccc2)c1. The Kier molecular flexibility index (Phi) is 6.05. The molecule has 2 aromatic heterocycles. The Labute approximate surface area is 172 Å². The minimum atomic E-state index is -0.465. The number of carbonyl (C=O) groups excluding carboxylic acids is 1. The second kappa shape index (κ2) is 9.23. The summed E-state index contributed by atoms with van der Waals surface area (Å²) in [4.78, 5) is 24.2. The molecule has 2 heterocycles. The lowest BCUT2D eigenvalue weighted by Gasteiger charge is -2.05. The van der Waals surface area contributed by atoms with Gasteiger partial charge in [0.1, 0.15) is 0 Å². The van der Waals surface area contributed by atoms with E-state index >= 15 is 0 Å². The van der Waals surface area contributed by atoms with Crippen molar-refractivity contribution in [2.75, 3.05) is 11.9 Å². The number of para-hydroxylation sites is 2. The van der Waals surface area contributed by atoms with Crippen LogP contribution in [-0.2, 0) is 29.2 Å². The maximum Gasteiger partial charge on any atom is 0.419 e. The molecule has 2 aromatic carbocycles. The number of amides is 1. The minimum Gasteiger partial charge on any atom is -0.408 e.